The second-order valence-corrected chi connectivity index (χ2v) is 12.1. The number of phenolic OH excluding ortho intramolecular Hbond substituents is 1. The van der Waals surface area contributed by atoms with E-state index in [2.05, 4.69) is 14.9 Å². The number of nitrogens with zero attached hydrogens (tertiary/aromatic N) is 5. The molecule has 0 aliphatic carbocycles. The minimum absolute atomic E-state index is 0.00560. The molecule has 3 saturated heterocycles. The van der Waals surface area contributed by atoms with Gasteiger partial charge in [0.2, 0.25) is 0 Å². The van der Waals surface area contributed by atoms with E-state index in [1.165, 1.54) is 6.07 Å². The minimum Gasteiger partial charge on any atom is -0.508 e. The number of anilines is 1. The Kier molecular flexibility index (Phi) is 6.24. The standard InChI is InChI=1S/C31H33F2N5O3/c1-30(40)8-4-10-37(17-30)28-24-15-34-26(23-13-21(39)12-19-6-2-3-7-22(19)23)25(33)27(24)35-29(36-28)41-18-31-9-5-11-38(31)16-20(32)14-31/h2-3,6-7,12-13,15,20,39-40H,4-5,8-11,14,16-18H2,1H3/t20-,30-,31+/m1/s1. The average molecular weight is 562 g/mol. The fourth-order valence-corrected chi connectivity index (χ4v) is 7.05. The van der Waals surface area contributed by atoms with E-state index < -0.39 is 23.1 Å². The summed E-state index contributed by atoms with van der Waals surface area (Å²) in [7, 11) is 0. The van der Waals surface area contributed by atoms with Crippen LogP contribution in [0.25, 0.3) is 32.9 Å². The van der Waals surface area contributed by atoms with Gasteiger partial charge in [-0.15, -0.1) is 0 Å². The number of aliphatic hydroxyl groups is 1. The van der Waals surface area contributed by atoms with Crippen molar-refractivity contribution in [1.82, 2.24) is 19.9 Å². The Bertz CT molecular complexity index is 1650. The number of hydrogen-bond donors (Lipinski definition) is 2. The number of ether oxygens (including phenoxy) is 1. The molecule has 3 atom stereocenters. The number of β-amino-alcohol motifs (C(OH)–C–C–N with tert-alkyl or cyclic N) is 1. The van der Waals surface area contributed by atoms with E-state index in [1.54, 1.807) is 19.2 Å². The van der Waals surface area contributed by atoms with Gasteiger partial charge in [0.1, 0.15) is 35.6 Å². The van der Waals surface area contributed by atoms with Crippen molar-refractivity contribution in [3.63, 3.8) is 0 Å². The first-order valence-electron chi connectivity index (χ1n) is 14.3. The molecule has 2 aromatic carbocycles. The number of aromatic nitrogens is 3. The van der Waals surface area contributed by atoms with Crippen LogP contribution in [0.1, 0.15) is 39.0 Å². The summed E-state index contributed by atoms with van der Waals surface area (Å²) in [5.41, 5.74) is -0.781. The number of benzene rings is 2. The van der Waals surface area contributed by atoms with Crippen LogP contribution >= 0.6 is 0 Å². The quantitative estimate of drug-likeness (QED) is 0.352. The number of alkyl halides is 1. The third kappa shape index (κ3) is 4.63. The Hall–Kier alpha value is -3.63. The third-order valence-corrected chi connectivity index (χ3v) is 8.95. The average Bonchev–Trinajstić information content (AvgIpc) is 3.46. The van der Waals surface area contributed by atoms with Crippen LogP contribution in [-0.2, 0) is 0 Å². The molecule has 0 unspecified atom stereocenters. The zero-order valence-electron chi connectivity index (χ0n) is 23.0. The van der Waals surface area contributed by atoms with Gasteiger partial charge in [0.15, 0.2) is 5.82 Å². The van der Waals surface area contributed by atoms with Crippen LogP contribution in [-0.4, -0.2) is 80.2 Å². The van der Waals surface area contributed by atoms with Gasteiger partial charge in [-0.2, -0.15) is 9.97 Å². The molecular formula is C31H33F2N5O3. The van der Waals surface area contributed by atoms with Gasteiger partial charge < -0.3 is 19.8 Å². The summed E-state index contributed by atoms with van der Waals surface area (Å²) < 4.78 is 37.0. The van der Waals surface area contributed by atoms with Gasteiger partial charge in [0.25, 0.3) is 0 Å². The number of fused-ring (bicyclic) bond motifs is 3. The lowest BCUT2D eigenvalue weighted by molar-refractivity contribution is 0.0447. The summed E-state index contributed by atoms with van der Waals surface area (Å²) >= 11 is 0. The van der Waals surface area contributed by atoms with E-state index in [-0.39, 0.29) is 29.6 Å². The first-order chi connectivity index (χ1) is 19.7. The number of pyridine rings is 1. The molecule has 214 valence electrons. The van der Waals surface area contributed by atoms with Crippen LogP contribution in [0, 0.1) is 5.82 Å². The lowest BCUT2D eigenvalue weighted by atomic mass is 9.95. The maximum absolute atomic E-state index is 16.5. The molecule has 7 rings (SSSR count). The van der Waals surface area contributed by atoms with Crippen LogP contribution in [0.2, 0.25) is 0 Å². The fraction of sp³-hybridized carbons (Fsp3) is 0.452. The summed E-state index contributed by atoms with van der Waals surface area (Å²) in [6.07, 6.45) is 4.26. The maximum Gasteiger partial charge on any atom is 0.319 e. The van der Waals surface area contributed by atoms with E-state index >= 15 is 4.39 Å². The largest absolute Gasteiger partial charge is 0.508 e. The molecule has 4 aromatic rings. The second-order valence-electron chi connectivity index (χ2n) is 12.1. The Morgan fingerprint density at radius 1 is 1.10 bits per heavy atom. The number of phenols is 1. The molecule has 0 amide bonds. The number of hydrogen-bond acceptors (Lipinski definition) is 8. The van der Waals surface area contributed by atoms with Crippen molar-refractivity contribution in [2.45, 2.75) is 56.3 Å². The topological polar surface area (TPSA) is 94.8 Å². The third-order valence-electron chi connectivity index (χ3n) is 8.95. The zero-order chi connectivity index (χ0) is 28.4. The van der Waals surface area contributed by atoms with Gasteiger partial charge >= 0.3 is 6.01 Å². The van der Waals surface area contributed by atoms with Crippen molar-refractivity contribution in [3.05, 3.63) is 48.4 Å². The van der Waals surface area contributed by atoms with E-state index in [1.807, 2.05) is 29.2 Å². The molecule has 3 aliphatic rings. The monoisotopic (exact) mass is 561 g/mol. The Morgan fingerprint density at radius 3 is 2.78 bits per heavy atom. The van der Waals surface area contributed by atoms with Gasteiger partial charge in [-0.3, -0.25) is 9.88 Å². The minimum atomic E-state index is -0.924. The Morgan fingerprint density at radius 2 is 1.93 bits per heavy atom. The van der Waals surface area contributed by atoms with Crippen LogP contribution in [0.4, 0.5) is 14.6 Å². The lowest BCUT2D eigenvalue weighted by Crippen LogP contribution is -2.46. The van der Waals surface area contributed by atoms with Crippen molar-refractivity contribution in [2.75, 3.05) is 37.7 Å². The summed E-state index contributed by atoms with van der Waals surface area (Å²) in [6, 6.07) is 10.6. The normalized spacial score (nSPS) is 26.6. The number of rotatable bonds is 5. The highest BCUT2D eigenvalue weighted by Crippen LogP contribution is 2.41. The van der Waals surface area contributed by atoms with Crippen molar-refractivity contribution < 1.29 is 23.7 Å². The predicted molar refractivity (Wildman–Crippen MR) is 153 cm³/mol. The molecule has 2 N–H and O–H groups in total. The Labute approximate surface area is 236 Å². The molecule has 3 aliphatic heterocycles. The highest BCUT2D eigenvalue weighted by molar-refractivity contribution is 5.99. The molecule has 0 spiro atoms. The number of aromatic hydroxyl groups is 1. The number of piperidine rings is 1. The summed E-state index contributed by atoms with van der Waals surface area (Å²) in [6.45, 7) is 4.18. The SMILES string of the molecule is C[C@@]1(O)CCCN(c2nc(OC[C@@]34CCCN3C[C@H](F)C4)nc3c(F)c(-c4cc(O)cc5ccccc45)ncc23)C1. The molecule has 41 heavy (non-hydrogen) atoms. The van der Waals surface area contributed by atoms with E-state index in [9.17, 15) is 14.6 Å². The predicted octanol–water partition coefficient (Wildman–Crippen LogP) is 5.00. The molecule has 0 radical (unpaired) electrons. The molecule has 0 saturated carbocycles. The van der Waals surface area contributed by atoms with Gasteiger partial charge in [-0.25, -0.2) is 8.78 Å². The maximum atomic E-state index is 16.5. The lowest BCUT2D eigenvalue weighted by Gasteiger charge is -2.38. The smallest absolute Gasteiger partial charge is 0.319 e. The van der Waals surface area contributed by atoms with Crippen LogP contribution in [0.15, 0.2) is 42.6 Å². The zero-order valence-corrected chi connectivity index (χ0v) is 23.0. The van der Waals surface area contributed by atoms with Gasteiger partial charge in [0, 0.05) is 37.8 Å². The highest BCUT2D eigenvalue weighted by atomic mass is 19.1. The molecule has 2 aromatic heterocycles. The van der Waals surface area contributed by atoms with Crippen molar-refractivity contribution in [3.8, 4) is 23.0 Å². The molecule has 0 bridgehead atoms. The van der Waals surface area contributed by atoms with Crippen molar-refractivity contribution in [1.29, 1.82) is 0 Å². The van der Waals surface area contributed by atoms with Crippen LogP contribution < -0.4 is 9.64 Å². The molecule has 5 heterocycles. The molecule has 10 heteroatoms. The Balaban J connectivity index is 1.35. The van der Waals surface area contributed by atoms with E-state index in [0.717, 1.165) is 36.6 Å². The molecule has 3 fully saturated rings. The van der Waals surface area contributed by atoms with E-state index in [4.69, 9.17) is 9.72 Å². The first-order valence-corrected chi connectivity index (χ1v) is 14.3. The summed E-state index contributed by atoms with van der Waals surface area (Å²) in [5, 5.41) is 23.1. The van der Waals surface area contributed by atoms with Crippen molar-refractivity contribution >= 4 is 27.5 Å². The van der Waals surface area contributed by atoms with Gasteiger partial charge in [-0.05, 0) is 62.1 Å². The van der Waals surface area contributed by atoms with Crippen LogP contribution in [0.5, 0.6) is 11.8 Å². The second kappa shape index (κ2) is 9.73. The summed E-state index contributed by atoms with van der Waals surface area (Å²) in [5.74, 6) is -0.203. The highest BCUT2D eigenvalue weighted by Gasteiger charge is 2.49. The van der Waals surface area contributed by atoms with Crippen LogP contribution in [0.3, 0.4) is 0 Å². The van der Waals surface area contributed by atoms with Gasteiger partial charge in [0.05, 0.1) is 16.5 Å². The summed E-state index contributed by atoms with van der Waals surface area (Å²) in [4.78, 5) is 17.8. The fourth-order valence-electron chi connectivity index (χ4n) is 7.05. The molecular weight excluding hydrogens is 528 g/mol. The van der Waals surface area contributed by atoms with E-state index in [0.29, 0.717) is 49.2 Å². The van der Waals surface area contributed by atoms with Crippen molar-refractivity contribution in [2.24, 2.45) is 0 Å². The first kappa shape index (κ1) is 26.3. The molecule has 8 nitrogen and oxygen atoms in total. The van der Waals surface area contributed by atoms with Gasteiger partial charge in [-0.1, -0.05) is 24.3 Å². The number of halogens is 2.